The van der Waals surface area contributed by atoms with Gasteiger partial charge in [-0.15, -0.1) is 0 Å². The van der Waals surface area contributed by atoms with Crippen LogP contribution in [0.25, 0.3) is 0 Å². The van der Waals surface area contributed by atoms with Gasteiger partial charge in [0.2, 0.25) is 5.91 Å². The number of amides is 1. The van der Waals surface area contributed by atoms with Gasteiger partial charge in [-0.3, -0.25) is 4.79 Å². The van der Waals surface area contributed by atoms with Crippen molar-refractivity contribution < 1.29 is 14.7 Å². The van der Waals surface area contributed by atoms with Crippen LogP contribution in [-0.4, -0.2) is 47.7 Å². The molecule has 0 radical (unpaired) electrons. The Bertz CT molecular complexity index is 504. The number of rotatable bonds is 3. The molecule has 0 aromatic heterocycles. The molecule has 1 atom stereocenters. The van der Waals surface area contributed by atoms with Crippen molar-refractivity contribution in [1.29, 1.82) is 0 Å². The van der Waals surface area contributed by atoms with Crippen LogP contribution in [0.4, 0.5) is 0 Å². The highest BCUT2D eigenvalue weighted by molar-refractivity contribution is 6.30. The molecule has 0 bridgehead atoms. The van der Waals surface area contributed by atoms with Gasteiger partial charge in [0.15, 0.2) is 5.84 Å². The summed E-state index contributed by atoms with van der Waals surface area (Å²) in [6, 6.07) is 7.15. The van der Waals surface area contributed by atoms with E-state index in [4.69, 9.17) is 27.3 Å². The van der Waals surface area contributed by atoms with E-state index >= 15 is 0 Å². The zero-order valence-corrected chi connectivity index (χ0v) is 11.6. The number of carbonyl (C=O) groups is 1. The average molecular weight is 298 g/mol. The Balaban J connectivity index is 1.96. The molecule has 0 aliphatic carbocycles. The molecule has 20 heavy (non-hydrogen) atoms. The van der Waals surface area contributed by atoms with E-state index in [0.717, 1.165) is 5.56 Å². The van der Waals surface area contributed by atoms with Crippen molar-refractivity contribution in [2.24, 2.45) is 10.9 Å². The Morgan fingerprint density at radius 1 is 1.50 bits per heavy atom. The topological polar surface area (TPSA) is 88.2 Å². The van der Waals surface area contributed by atoms with Gasteiger partial charge < -0.3 is 20.6 Å². The summed E-state index contributed by atoms with van der Waals surface area (Å²) in [4.78, 5) is 13.9. The van der Waals surface area contributed by atoms with Crippen LogP contribution in [0.2, 0.25) is 5.02 Å². The third-order valence-electron chi connectivity index (χ3n) is 3.13. The predicted octanol–water partition coefficient (Wildman–Crippen LogP) is 0.856. The van der Waals surface area contributed by atoms with Crippen LogP contribution < -0.4 is 5.73 Å². The van der Waals surface area contributed by atoms with Crippen LogP contribution in [0.1, 0.15) is 5.56 Å². The quantitative estimate of drug-likeness (QED) is 0.375. The second kappa shape index (κ2) is 6.58. The van der Waals surface area contributed by atoms with Gasteiger partial charge in [0.1, 0.15) is 6.10 Å². The first-order valence-electron chi connectivity index (χ1n) is 6.21. The molecule has 2 rings (SSSR count). The first-order valence-corrected chi connectivity index (χ1v) is 6.59. The molecule has 3 N–H and O–H groups in total. The van der Waals surface area contributed by atoms with E-state index in [2.05, 4.69) is 5.16 Å². The predicted molar refractivity (Wildman–Crippen MR) is 74.9 cm³/mol. The maximum atomic E-state index is 12.2. The maximum Gasteiger partial charge on any atom is 0.227 e. The van der Waals surface area contributed by atoms with Crippen molar-refractivity contribution in [3.63, 3.8) is 0 Å². The summed E-state index contributed by atoms with van der Waals surface area (Å²) >= 11 is 5.80. The molecule has 6 nitrogen and oxygen atoms in total. The van der Waals surface area contributed by atoms with Crippen molar-refractivity contribution >= 4 is 23.3 Å². The lowest BCUT2D eigenvalue weighted by Gasteiger charge is -2.32. The summed E-state index contributed by atoms with van der Waals surface area (Å²) in [7, 11) is 0. The zero-order valence-electron chi connectivity index (χ0n) is 10.8. The number of halogens is 1. The molecule has 1 aliphatic rings. The molecule has 1 unspecified atom stereocenters. The molecule has 108 valence electrons. The van der Waals surface area contributed by atoms with Crippen LogP contribution in [0.5, 0.6) is 0 Å². The number of oxime groups is 1. The van der Waals surface area contributed by atoms with E-state index in [-0.39, 0.29) is 11.7 Å². The number of ether oxygens (including phenoxy) is 1. The van der Waals surface area contributed by atoms with Crippen LogP contribution >= 0.6 is 11.6 Å². The Labute approximate surface area is 121 Å². The van der Waals surface area contributed by atoms with Crippen molar-refractivity contribution in [3.05, 3.63) is 34.9 Å². The number of amidine groups is 1. The molecule has 1 aliphatic heterocycles. The maximum absolute atomic E-state index is 12.2. The monoisotopic (exact) mass is 297 g/mol. The highest BCUT2D eigenvalue weighted by Gasteiger charge is 2.26. The van der Waals surface area contributed by atoms with Gasteiger partial charge in [-0.1, -0.05) is 28.9 Å². The van der Waals surface area contributed by atoms with E-state index in [9.17, 15) is 4.79 Å². The summed E-state index contributed by atoms with van der Waals surface area (Å²) in [6.45, 7) is 1.16. The molecule has 1 aromatic rings. The second-order valence-corrected chi connectivity index (χ2v) is 4.96. The fraction of sp³-hybridized carbons (Fsp3) is 0.385. The minimum absolute atomic E-state index is 0.0195. The molecule has 1 fully saturated rings. The molecule has 0 saturated carbocycles. The number of hydrogen-bond acceptors (Lipinski definition) is 4. The fourth-order valence-electron chi connectivity index (χ4n) is 2.01. The average Bonchev–Trinajstić information content (AvgIpc) is 2.49. The van der Waals surface area contributed by atoms with E-state index in [1.165, 1.54) is 0 Å². The van der Waals surface area contributed by atoms with Crippen LogP contribution in [0.3, 0.4) is 0 Å². The van der Waals surface area contributed by atoms with Crippen molar-refractivity contribution in [3.8, 4) is 0 Å². The highest BCUT2D eigenvalue weighted by atomic mass is 35.5. The first-order chi connectivity index (χ1) is 9.60. The van der Waals surface area contributed by atoms with Gasteiger partial charge in [0.05, 0.1) is 19.6 Å². The first kappa shape index (κ1) is 14.6. The molecule has 1 aromatic carbocycles. The minimum Gasteiger partial charge on any atom is -0.409 e. The number of nitrogens with zero attached hydrogens (tertiary/aromatic N) is 2. The molecule has 1 saturated heterocycles. The lowest BCUT2D eigenvalue weighted by molar-refractivity contribution is -0.135. The van der Waals surface area contributed by atoms with Crippen LogP contribution in [0.15, 0.2) is 29.4 Å². The summed E-state index contributed by atoms with van der Waals surface area (Å²) in [5, 5.41) is 12.2. The molecular formula is C13H16ClN3O3. The summed E-state index contributed by atoms with van der Waals surface area (Å²) in [6.07, 6.45) is -0.261. The van der Waals surface area contributed by atoms with Gasteiger partial charge in [-0.2, -0.15) is 0 Å². The largest absolute Gasteiger partial charge is 0.409 e. The van der Waals surface area contributed by atoms with Crippen molar-refractivity contribution in [2.45, 2.75) is 12.5 Å². The standard InChI is InChI=1S/C13H16ClN3O3/c14-10-3-1-9(2-4-10)7-12(18)17-5-6-20-11(8-17)13(15)16-19/h1-4,11,19H,5-8H2,(H2,15,16). The Hall–Kier alpha value is -1.79. The minimum atomic E-state index is -0.553. The number of benzene rings is 1. The van der Waals surface area contributed by atoms with Gasteiger partial charge in [-0.25, -0.2) is 0 Å². The molecule has 1 heterocycles. The third-order valence-corrected chi connectivity index (χ3v) is 3.39. The summed E-state index contributed by atoms with van der Waals surface area (Å²) in [5.74, 6) is -0.0413. The summed E-state index contributed by atoms with van der Waals surface area (Å²) in [5.41, 5.74) is 6.40. The Morgan fingerprint density at radius 3 is 2.85 bits per heavy atom. The lowest BCUT2D eigenvalue weighted by Crippen LogP contribution is -2.50. The highest BCUT2D eigenvalue weighted by Crippen LogP contribution is 2.12. The number of carbonyl (C=O) groups excluding carboxylic acids is 1. The number of hydrogen-bond donors (Lipinski definition) is 2. The van der Waals surface area contributed by atoms with Gasteiger partial charge in [-0.05, 0) is 17.7 Å². The van der Waals surface area contributed by atoms with Gasteiger partial charge in [0, 0.05) is 11.6 Å². The Morgan fingerprint density at radius 2 is 2.20 bits per heavy atom. The van der Waals surface area contributed by atoms with Crippen LogP contribution in [-0.2, 0) is 16.0 Å². The van der Waals surface area contributed by atoms with E-state index in [0.29, 0.717) is 31.1 Å². The van der Waals surface area contributed by atoms with Crippen molar-refractivity contribution in [2.75, 3.05) is 19.7 Å². The van der Waals surface area contributed by atoms with E-state index in [1.807, 2.05) is 12.1 Å². The number of nitrogens with two attached hydrogens (primary N) is 1. The number of morpholine rings is 1. The fourth-order valence-corrected chi connectivity index (χ4v) is 2.13. The molecule has 0 spiro atoms. The smallest absolute Gasteiger partial charge is 0.227 e. The lowest BCUT2D eigenvalue weighted by atomic mass is 10.1. The van der Waals surface area contributed by atoms with Crippen LogP contribution in [0, 0.1) is 0 Å². The molecule has 7 heteroatoms. The zero-order chi connectivity index (χ0) is 14.5. The molecular weight excluding hydrogens is 282 g/mol. The van der Waals surface area contributed by atoms with E-state index < -0.39 is 6.10 Å². The SMILES string of the molecule is NC(=NO)C1CN(C(=O)Cc2ccc(Cl)cc2)CCO1. The normalized spacial score (nSPS) is 19.9. The summed E-state index contributed by atoms with van der Waals surface area (Å²) < 4.78 is 5.35. The second-order valence-electron chi connectivity index (χ2n) is 4.53. The van der Waals surface area contributed by atoms with E-state index in [1.54, 1.807) is 17.0 Å². The molecule has 1 amide bonds. The third kappa shape index (κ3) is 3.61. The van der Waals surface area contributed by atoms with Crippen molar-refractivity contribution in [1.82, 2.24) is 4.90 Å². The Kier molecular flexibility index (Phi) is 4.81. The van der Waals surface area contributed by atoms with Gasteiger partial charge in [0.25, 0.3) is 0 Å². The van der Waals surface area contributed by atoms with Gasteiger partial charge >= 0.3 is 0 Å².